The fraction of sp³-hybridized carbons (Fsp3) is 0.692. The SMILES string of the molecule is CN(C)C[C@]12COC[C@H]1CN(c1ncccn1)C2. The maximum absolute atomic E-state index is 5.71. The molecule has 1 aromatic heterocycles. The predicted octanol–water partition coefficient (Wildman–Crippen LogP) is 0.491. The third-order valence-electron chi connectivity index (χ3n) is 3.99. The molecule has 0 aliphatic carbocycles. The first-order chi connectivity index (χ1) is 8.70. The molecule has 0 unspecified atom stereocenters. The molecule has 0 amide bonds. The lowest BCUT2D eigenvalue weighted by Gasteiger charge is -2.30. The molecule has 2 saturated heterocycles. The molecule has 18 heavy (non-hydrogen) atoms. The second-order valence-corrected chi connectivity index (χ2v) is 5.74. The molecule has 1 aromatic rings. The van der Waals surface area contributed by atoms with Crippen LogP contribution in [-0.4, -0.2) is 61.8 Å². The van der Waals surface area contributed by atoms with Crippen molar-refractivity contribution in [3.8, 4) is 0 Å². The van der Waals surface area contributed by atoms with Crippen molar-refractivity contribution in [2.75, 3.05) is 51.8 Å². The molecule has 0 N–H and O–H groups in total. The number of fused-ring (bicyclic) bond motifs is 1. The zero-order chi connectivity index (χ0) is 12.6. The van der Waals surface area contributed by atoms with Gasteiger partial charge in [-0.05, 0) is 20.2 Å². The van der Waals surface area contributed by atoms with E-state index in [1.807, 2.05) is 18.5 Å². The molecule has 2 aliphatic heterocycles. The molecular formula is C13H20N4O. The molecule has 2 fully saturated rings. The van der Waals surface area contributed by atoms with Gasteiger partial charge in [-0.15, -0.1) is 0 Å². The summed E-state index contributed by atoms with van der Waals surface area (Å²) in [5, 5.41) is 0. The molecule has 5 heteroatoms. The zero-order valence-electron chi connectivity index (χ0n) is 11.0. The first kappa shape index (κ1) is 11.9. The summed E-state index contributed by atoms with van der Waals surface area (Å²) in [6.07, 6.45) is 3.62. The molecule has 0 spiro atoms. The average molecular weight is 248 g/mol. The van der Waals surface area contributed by atoms with Crippen molar-refractivity contribution in [3.63, 3.8) is 0 Å². The summed E-state index contributed by atoms with van der Waals surface area (Å²) < 4.78 is 5.71. The summed E-state index contributed by atoms with van der Waals surface area (Å²) in [4.78, 5) is 13.3. The Morgan fingerprint density at radius 2 is 2.22 bits per heavy atom. The molecule has 98 valence electrons. The van der Waals surface area contributed by atoms with Crippen molar-refractivity contribution >= 4 is 5.95 Å². The van der Waals surface area contributed by atoms with Gasteiger partial charge in [0.1, 0.15) is 0 Å². The van der Waals surface area contributed by atoms with Crippen LogP contribution in [0, 0.1) is 11.3 Å². The van der Waals surface area contributed by atoms with E-state index in [1.165, 1.54) is 0 Å². The van der Waals surface area contributed by atoms with Crippen molar-refractivity contribution in [3.05, 3.63) is 18.5 Å². The Kier molecular flexibility index (Phi) is 2.95. The molecular weight excluding hydrogens is 228 g/mol. The van der Waals surface area contributed by atoms with Crippen LogP contribution < -0.4 is 4.90 Å². The summed E-state index contributed by atoms with van der Waals surface area (Å²) in [5.41, 5.74) is 0.253. The van der Waals surface area contributed by atoms with Gasteiger partial charge < -0.3 is 14.5 Å². The fourth-order valence-corrected chi connectivity index (χ4v) is 3.29. The molecule has 2 aliphatic rings. The highest BCUT2D eigenvalue weighted by Crippen LogP contribution is 2.42. The van der Waals surface area contributed by atoms with Crippen LogP contribution in [0.2, 0.25) is 0 Å². The Labute approximate surface area is 108 Å². The Bertz CT molecular complexity index is 411. The van der Waals surface area contributed by atoms with Crippen LogP contribution in [0.5, 0.6) is 0 Å². The van der Waals surface area contributed by atoms with Gasteiger partial charge in [0.2, 0.25) is 5.95 Å². The van der Waals surface area contributed by atoms with Crippen LogP contribution in [-0.2, 0) is 4.74 Å². The molecule has 0 aromatic carbocycles. The maximum atomic E-state index is 5.71. The van der Waals surface area contributed by atoms with E-state index in [0.717, 1.165) is 38.8 Å². The van der Waals surface area contributed by atoms with E-state index in [0.29, 0.717) is 5.92 Å². The van der Waals surface area contributed by atoms with E-state index in [1.54, 1.807) is 0 Å². The molecule has 3 heterocycles. The van der Waals surface area contributed by atoms with E-state index in [9.17, 15) is 0 Å². The lowest BCUT2D eigenvalue weighted by atomic mass is 9.81. The number of ether oxygens (including phenoxy) is 1. The first-order valence-electron chi connectivity index (χ1n) is 6.44. The molecule has 0 radical (unpaired) electrons. The van der Waals surface area contributed by atoms with Gasteiger partial charge in [-0.3, -0.25) is 0 Å². The Morgan fingerprint density at radius 1 is 1.44 bits per heavy atom. The number of hydrogen-bond acceptors (Lipinski definition) is 5. The number of anilines is 1. The van der Waals surface area contributed by atoms with Crippen LogP contribution in [0.4, 0.5) is 5.95 Å². The van der Waals surface area contributed by atoms with Gasteiger partial charge >= 0.3 is 0 Å². The molecule has 0 saturated carbocycles. The highest BCUT2D eigenvalue weighted by atomic mass is 16.5. The van der Waals surface area contributed by atoms with E-state index in [2.05, 4.69) is 33.9 Å². The van der Waals surface area contributed by atoms with Crippen molar-refractivity contribution in [2.24, 2.45) is 11.3 Å². The highest BCUT2D eigenvalue weighted by Gasteiger charge is 2.51. The second-order valence-electron chi connectivity index (χ2n) is 5.74. The zero-order valence-corrected chi connectivity index (χ0v) is 11.0. The van der Waals surface area contributed by atoms with Crippen LogP contribution in [0.15, 0.2) is 18.5 Å². The summed E-state index contributed by atoms with van der Waals surface area (Å²) in [6, 6.07) is 1.86. The average Bonchev–Trinajstić information content (AvgIpc) is 2.85. The van der Waals surface area contributed by atoms with Gasteiger partial charge in [0.15, 0.2) is 0 Å². The number of aromatic nitrogens is 2. The summed E-state index contributed by atoms with van der Waals surface area (Å²) in [5.74, 6) is 1.45. The quantitative estimate of drug-likeness (QED) is 0.779. The maximum Gasteiger partial charge on any atom is 0.225 e. The van der Waals surface area contributed by atoms with Crippen molar-refractivity contribution in [2.45, 2.75) is 0 Å². The van der Waals surface area contributed by atoms with Gasteiger partial charge in [0, 0.05) is 43.4 Å². The van der Waals surface area contributed by atoms with E-state index in [4.69, 9.17) is 4.74 Å². The predicted molar refractivity (Wildman–Crippen MR) is 69.5 cm³/mol. The van der Waals surface area contributed by atoms with Crippen LogP contribution in [0.3, 0.4) is 0 Å². The van der Waals surface area contributed by atoms with Gasteiger partial charge in [0.05, 0.1) is 13.2 Å². The van der Waals surface area contributed by atoms with Crippen molar-refractivity contribution in [1.82, 2.24) is 14.9 Å². The van der Waals surface area contributed by atoms with E-state index >= 15 is 0 Å². The van der Waals surface area contributed by atoms with Gasteiger partial charge in [-0.2, -0.15) is 0 Å². The smallest absolute Gasteiger partial charge is 0.225 e. The second kappa shape index (κ2) is 4.48. The lowest BCUT2D eigenvalue weighted by molar-refractivity contribution is 0.135. The van der Waals surface area contributed by atoms with E-state index in [-0.39, 0.29) is 5.41 Å². The van der Waals surface area contributed by atoms with E-state index < -0.39 is 0 Å². The summed E-state index contributed by atoms with van der Waals surface area (Å²) in [6.45, 7) is 4.81. The minimum absolute atomic E-state index is 0.253. The molecule has 5 nitrogen and oxygen atoms in total. The van der Waals surface area contributed by atoms with Crippen LogP contribution in [0.25, 0.3) is 0 Å². The number of rotatable bonds is 3. The molecule has 0 bridgehead atoms. The largest absolute Gasteiger partial charge is 0.380 e. The fourth-order valence-electron chi connectivity index (χ4n) is 3.29. The standard InChI is InChI=1S/C13H20N4O/c1-16(2)8-13-9-17(6-11(13)7-18-10-13)12-14-4-3-5-15-12/h3-5,11H,6-10H2,1-2H3/t11-,13+/m1/s1. The summed E-state index contributed by atoms with van der Waals surface area (Å²) >= 11 is 0. The highest BCUT2D eigenvalue weighted by molar-refractivity contribution is 5.33. The van der Waals surface area contributed by atoms with Crippen molar-refractivity contribution < 1.29 is 4.74 Å². The Morgan fingerprint density at radius 3 is 2.94 bits per heavy atom. The number of hydrogen-bond donors (Lipinski definition) is 0. The minimum atomic E-state index is 0.253. The topological polar surface area (TPSA) is 41.5 Å². The van der Waals surface area contributed by atoms with Gasteiger partial charge in [-0.1, -0.05) is 0 Å². The van der Waals surface area contributed by atoms with Crippen LogP contribution >= 0.6 is 0 Å². The van der Waals surface area contributed by atoms with Crippen molar-refractivity contribution in [1.29, 1.82) is 0 Å². The minimum Gasteiger partial charge on any atom is -0.380 e. The lowest BCUT2D eigenvalue weighted by Crippen LogP contribution is -2.40. The number of nitrogens with zero attached hydrogens (tertiary/aromatic N) is 4. The molecule has 3 rings (SSSR count). The summed E-state index contributed by atoms with van der Waals surface area (Å²) in [7, 11) is 4.26. The Hall–Kier alpha value is -1.20. The van der Waals surface area contributed by atoms with Gasteiger partial charge in [-0.25, -0.2) is 9.97 Å². The van der Waals surface area contributed by atoms with Gasteiger partial charge in [0.25, 0.3) is 0 Å². The molecule has 2 atom stereocenters. The Balaban J connectivity index is 1.80. The third kappa shape index (κ3) is 1.97. The monoisotopic (exact) mass is 248 g/mol. The van der Waals surface area contributed by atoms with Crippen LogP contribution in [0.1, 0.15) is 0 Å². The first-order valence-corrected chi connectivity index (χ1v) is 6.44. The normalized spacial score (nSPS) is 31.1. The third-order valence-corrected chi connectivity index (χ3v) is 3.99.